The lowest BCUT2D eigenvalue weighted by atomic mass is 9.92. The Hall–Kier alpha value is -3.01. The number of nitrogens with two attached hydrogens (primary N) is 1. The molecule has 156 valence electrons. The molecular weight excluding hydrogens is 376 g/mol. The summed E-state index contributed by atoms with van der Waals surface area (Å²) in [6.07, 6.45) is 7.65. The number of hydrogen-bond donors (Lipinski definition) is 2. The van der Waals surface area contributed by atoms with Crippen molar-refractivity contribution in [1.29, 1.82) is 0 Å². The van der Waals surface area contributed by atoms with Crippen LogP contribution in [-0.2, 0) is 21.3 Å². The maximum Gasteiger partial charge on any atom is 0.404 e. The number of nitrogens with one attached hydrogen (secondary N) is 1. The van der Waals surface area contributed by atoms with Crippen LogP contribution in [0.1, 0.15) is 44.4 Å². The van der Waals surface area contributed by atoms with Gasteiger partial charge in [-0.3, -0.25) is 19.4 Å². The van der Waals surface area contributed by atoms with E-state index in [4.69, 9.17) is 15.2 Å². The van der Waals surface area contributed by atoms with E-state index in [-0.39, 0.29) is 18.1 Å². The smallest absolute Gasteiger partial charge is 0.404 e. The summed E-state index contributed by atoms with van der Waals surface area (Å²) in [7, 11) is 1.83. The number of aromatic nitrogens is 4. The van der Waals surface area contributed by atoms with E-state index in [1.165, 1.54) is 0 Å². The van der Waals surface area contributed by atoms with Crippen molar-refractivity contribution in [3.8, 4) is 11.3 Å². The topological polar surface area (TPSA) is 134 Å². The normalized spacial score (nSPS) is 20.1. The van der Waals surface area contributed by atoms with Crippen LogP contribution in [-0.4, -0.2) is 50.5 Å². The molecule has 29 heavy (non-hydrogen) atoms. The van der Waals surface area contributed by atoms with Crippen LogP contribution in [0.15, 0.2) is 24.8 Å². The molecule has 0 aliphatic heterocycles. The van der Waals surface area contributed by atoms with E-state index in [2.05, 4.69) is 20.4 Å². The molecule has 2 aromatic heterocycles. The molecule has 0 aromatic carbocycles. The number of carbonyl (C=O) groups is 2. The summed E-state index contributed by atoms with van der Waals surface area (Å²) >= 11 is 0. The van der Waals surface area contributed by atoms with Crippen LogP contribution in [0.5, 0.6) is 0 Å². The molecule has 2 aromatic rings. The van der Waals surface area contributed by atoms with Gasteiger partial charge in [-0.05, 0) is 32.6 Å². The lowest BCUT2D eigenvalue weighted by molar-refractivity contribution is -0.134. The van der Waals surface area contributed by atoms with Crippen LogP contribution in [0.2, 0.25) is 0 Å². The molecular formula is C19H26N6O4. The van der Waals surface area contributed by atoms with Crippen molar-refractivity contribution in [2.24, 2.45) is 12.8 Å². The first-order valence-corrected chi connectivity index (χ1v) is 9.65. The summed E-state index contributed by atoms with van der Waals surface area (Å²) in [5.74, 6) is -0.255. The van der Waals surface area contributed by atoms with E-state index in [0.29, 0.717) is 43.7 Å². The molecule has 0 bridgehead atoms. The molecule has 10 heteroatoms. The van der Waals surface area contributed by atoms with Gasteiger partial charge in [0, 0.05) is 31.5 Å². The molecule has 1 aliphatic carbocycles. The van der Waals surface area contributed by atoms with Crippen molar-refractivity contribution >= 4 is 12.0 Å². The van der Waals surface area contributed by atoms with Crippen LogP contribution < -0.4 is 11.1 Å². The van der Waals surface area contributed by atoms with Gasteiger partial charge in [-0.1, -0.05) is 0 Å². The molecule has 1 aliphatic rings. The first kappa shape index (κ1) is 20.7. The van der Waals surface area contributed by atoms with Gasteiger partial charge in [0.1, 0.15) is 6.10 Å². The molecule has 2 amide bonds. The number of nitrogens with zero attached hydrogens (tertiary/aromatic N) is 4. The summed E-state index contributed by atoms with van der Waals surface area (Å²) in [6, 6.07) is -0.0131. The number of primary amides is 1. The van der Waals surface area contributed by atoms with Crippen LogP contribution in [0, 0.1) is 0 Å². The average Bonchev–Trinajstić information content (AvgIpc) is 3.14. The molecule has 1 atom stereocenters. The Morgan fingerprint density at radius 2 is 2.00 bits per heavy atom. The van der Waals surface area contributed by atoms with Crippen LogP contribution >= 0.6 is 0 Å². The van der Waals surface area contributed by atoms with Crippen LogP contribution in [0.3, 0.4) is 0 Å². The van der Waals surface area contributed by atoms with E-state index in [0.717, 1.165) is 5.56 Å². The van der Waals surface area contributed by atoms with Gasteiger partial charge >= 0.3 is 6.09 Å². The summed E-state index contributed by atoms with van der Waals surface area (Å²) in [4.78, 5) is 32.4. The zero-order chi connectivity index (χ0) is 20.8. The van der Waals surface area contributed by atoms with Gasteiger partial charge in [0.25, 0.3) is 5.91 Å². The Balaban J connectivity index is 1.61. The molecule has 1 saturated carbocycles. The number of aryl methyl sites for hydroxylation is 1. The minimum atomic E-state index is -0.838. The third kappa shape index (κ3) is 5.50. The van der Waals surface area contributed by atoms with Gasteiger partial charge in [-0.15, -0.1) is 0 Å². The van der Waals surface area contributed by atoms with Crippen molar-refractivity contribution in [3.63, 3.8) is 0 Å². The summed E-state index contributed by atoms with van der Waals surface area (Å²) in [6.45, 7) is 2.19. The Labute approximate surface area is 168 Å². The van der Waals surface area contributed by atoms with E-state index in [1.807, 2.05) is 20.2 Å². The van der Waals surface area contributed by atoms with Gasteiger partial charge in [0.05, 0.1) is 30.0 Å². The SMILES string of the molecule is CCOC(C(=O)NC1CCC(OC(N)=O)CC1)c1cnc(-c2cnn(C)c2)cn1. The standard InChI is InChI=1S/C19H26N6O4/c1-3-28-17(16-10-21-15(9-22-16)12-8-23-25(2)11-12)18(26)24-13-4-6-14(7-5-13)29-19(20)27/h8-11,13-14,17H,3-7H2,1-2H3,(H2,20,27)(H,24,26). The highest BCUT2D eigenvalue weighted by Gasteiger charge is 2.29. The van der Waals surface area contributed by atoms with Crippen molar-refractivity contribution < 1.29 is 19.1 Å². The second kappa shape index (κ2) is 9.46. The fourth-order valence-corrected chi connectivity index (χ4v) is 3.40. The summed E-state index contributed by atoms with van der Waals surface area (Å²) in [5, 5.41) is 7.13. The Kier molecular flexibility index (Phi) is 6.76. The fourth-order valence-electron chi connectivity index (χ4n) is 3.40. The minimum Gasteiger partial charge on any atom is -0.446 e. The van der Waals surface area contributed by atoms with Gasteiger partial charge in [-0.2, -0.15) is 5.10 Å². The zero-order valence-corrected chi connectivity index (χ0v) is 16.6. The second-order valence-corrected chi connectivity index (χ2v) is 6.98. The van der Waals surface area contributed by atoms with Crippen LogP contribution in [0.4, 0.5) is 4.79 Å². The maximum absolute atomic E-state index is 12.8. The predicted molar refractivity (Wildman–Crippen MR) is 103 cm³/mol. The van der Waals surface area contributed by atoms with Gasteiger partial charge in [0.15, 0.2) is 6.10 Å². The van der Waals surface area contributed by atoms with Crippen molar-refractivity contribution in [1.82, 2.24) is 25.1 Å². The highest BCUT2D eigenvalue weighted by Crippen LogP contribution is 2.23. The number of amides is 2. The zero-order valence-electron chi connectivity index (χ0n) is 16.6. The van der Waals surface area contributed by atoms with E-state index in [1.54, 1.807) is 23.3 Å². The number of rotatable bonds is 7. The average molecular weight is 402 g/mol. The van der Waals surface area contributed by atoms with E-state index >= 15 is 0 Å². The molecule has 3 rings (SSSR count). The highest BCUT2D eigenvalue weighted by atomic mass is 16.6. The third-order valence-electron chi connectivity index (χ3n) is 4.82. The van der Waals surface area contributed by atoms with Crippen molar-refractivity contribution in [3.05, 3.63) is 30.5 Å². The fraction of sp³-hybridized carbons (Fsp3) is 0.526. The Morgan fingerprint density at radius 3 is 2.55 bits per heavy atom. The molecule has 1 unspecified atom stereocenters. The molecule has 3 N–H and O–H groups in total. The first-order valence-electron chi connectivity index (χ1n) is 9.65. The predicted octanol–water partition coefficient (Wildman–Crippen LogP) is 1.48. The van der Waals surface area contributed by atoms with Crippen molar-refractivity contribution in [2.75, 3.05) is 6.61 Å². The maximum atomic E-state index is 12.8. The highest BCUT2D eigenvalue weighted by molar-refractivity contribution is 5.82. The molecule has 0 saturated heterocycles. The van der Waals surface area contributed by atoms with E-state index < -0.39 is 12.2 Å². The van der Waals surface area contributed by atoms with Crippen molar-refractivity contribution in [2.45, 2.75) is 50.9 Å². The Bertz CT molecular complexity index is 829. The second-order valence-electron chi connectivity index (χ2n) is 6.98. The number of ether oxygens (including phenoxy) is 2. The lowest BCUT2D eigenvalue weighted by Crippen LogP contribution is -2.42. The van der Waals surface area contributed by atoms with Gasteiger partial charge < -0.3 is 20.5 Å². The number of hydrogen-bond acceptors (Lipinski definition) is 7. The quantitative estimate of drug-likeness (QED) is 0.716. The monoisotopic (exact) mass is 402 g/mol. The lowest BCUT2D eigenvalue weighted by Gasteiger charge is -2.29. The molecule has 1 fully saturated rings. The molecule has 0 spiro atoms. The molecule has 10 nitrogen and oxygen atoms in total. The van der Waals surface area contributed by atoms with Crippen LogP contribution in [0.25, 0.3) is 11.3 Å². The molecule has 2 heterocycles. The minimum absolute atomic E-state index is 0.0131. The number of carbonyl (C=O) groups excluding carboxylic acids is 2. The van der Waals surface area contributed by atoms with E-state index in [9.17, 15) is 9.59 Å². The summed E-state index contributed by atoms with van der Waals surface area (Å²) < 4.78 is 12.3. The largest absolute Gasteiger partial charge is 0.446 e. The van der Waals surface area contributed by atoms with Gasteiger partial charge in [-0.25, -0.2) is 4.79 Å². The molecule has 0 radical (unpaired) electrons. The summed E-state index contributed by atoms with van der Waals surface area (Å²) in [5.41, 5.74) is 7.02. The first-order chi connectivity index (χ1) is 14.0. The van der Waals surface area contributed by atoms with Gasteiger partial charge in [0.2, 0.25) is 0 Å². The third-order valence-corrected chi connectivity index (χ3v) is 4.82. The Morgan fingerprint density at radius 1 is 1.24 bits per heavy atom.